The van der Waals surface area contributed by atoms with Crippen LogP contribution in [0, 0.1) is 5.92 Å². The number of rotatable bonds is 7. The monoisotopic (exact) mass is 456 g/mol. The van der Waals surface area contributed by atoms with Crippen molar-refractivity contribution in [2.24, 2.45) is 5.92 Å². The van der Waals surface area contributed by atoms with Crippen molar-refractivity contribution in [3.8, 4) is 5.75 Å². The molecular formula is C26H40N4O3. The maximum Gasteiger partial charge on any atom is 0.246 e. The summed E-state index contributed by atoms with van der Waals surface area (Å²) in [6, 6.07) is 6.08. The molecule has 3 heterocycles. The summed E-state index contributed by atoms with van der Waals surface area (Å²) in [5.74, 6) is 1.48. The number of carbonyl (C=O) groups is 2. The Balaban J connectivity index is 1.45. The van der Waals surface area contributed by atoms with E-state index < -0.39 is 5.54 Å². The van der Waals surface area contributed by atoms with Gasteiger partial charge in [-0.15, -0.1) is 0 Å². The first-order valence-corrected chi connectivity index (χ1v) is 12.7. The molecule has 2 saturated heterocycles. The zero-order valence-electron chi connectivity index (χ0n) is 20.7. The van der Waals surface area contributed by atoms with E-state index in [4.69, 9.17) is 4.74 Å². The first kappa shape index (κ1) is 23.9. The fourth-order valence-corrected chi connectivity index (χ4v) is 5.48. The second-order valence-electron chi connectivity index (χ2n) is 10.4. The van der Waals surface area contributed by atoms with Crippen LogP contribution < -0.4 is 15.0 Å². The van der Waals surface area contributed by atoms with Gasteiger partial charge in [-0.3, -0.25) is 14.5 Å². The van der Waals surface area contributed by atoms with E-state index >= 15 is 0 Å². The lowest BCUT2D eigenvalue weighted by molar-refractivity contribution is -0.161. The quantitative estimate of drug-likeness (QED) is 0.683. The van der Waals surface area contributed by atoms with Crippen molar-refractivity contribution in [1.82, 2.24) is 15.1 Å². The summed E-state index contributed by atoms with van der Waals surface area (Å²) < 4.78 is 5.87. The lowest BCUT2D eigenvalue weighted by atomic mass is 9.80. The van der Waals surface area contributed by atoms with Gasteiger partial charge in [-0.25, -0.2) is 0 Å². The first-order valence-electron chi connectivity index (χ1n) is 12.7. The number of hydrogen-bond donors (Lipinski definition) is 1. The van der Waals surface area contributed by atoms with Gasteiger partial charge in [0.25, 0.3) is 0 Å². The number of fused-ring (bicyclic) bond motifs is 1. The van der Waals surface area contributed by atoms with Gasteiger partial charge in [0, 0.05) is 33.2 Å². The van der Waals surface area contributed by atoms with Crippen LogP contribution in [0.5, 0.6) is 5.75 Å². The zero-order valence-corrected chi connectivity index (χ0v) is 20.7. The zero-order chi connectivity index (χ0) is 23.6. The fourth-order valence-electron chi connectivity index (χ4n) is 5.48. The Labute approximate surface area is 198 Å². The molecule has 0 aromatic heterocycles. The Kier molecular flexibility index (Phi) is 7.17. The maximum atomic E-state index is 13.4. The minimum absolute atomic E-state index is 0.0497. The molecule has 182 valence electrons. The van der Waals surface area contributed by atoms with E-state index in [1.54, 1.807) is 0 Å². The average molecular weight is 457 g/mol. The smallest absolute Gasteiger partial charge is 0.246 e. The Hall–Kier alpha value is -2.28. The van der Waals surface area contributed by atoms with Crippen LogP contribution in [-0.4, -0.2) is 73.0 Å². The summed E-state index contributed by atoms with van der Waals surface area (Å²) in [6.45, 7) is 11.1. The third-order valence-corrected chi connectivity index (χ3v) is 7.46. The molecule has 0 aliphatic carbocycles. The number of unbranched alkanes of at least 4 members (excludes halogenated alkanes) is 1. The van der Waals surface area contributed by atoms with E-state index in [0.717, 1.165) is 50.5 Å². The molecule has 7 nitrogen and oxygen atoms in total. The Bertz CT molecular complexity index is 863. The number of piperidine rings is 1. The molecule has 4 rings (SSSR count). The number of ether oxygens (including phenoxy) is 1. The largest absolute Gasteiger partial charge is 0.490 e. The lowest BCUT2D eigenvalue weighted by Gasteiger charge is -2.52. The van der Waals surface area contributed by atoms with Crippen molar-refractivity contribution in [3.05, 3.63) is 23.8 Å². The van der Waals surface area contributed by atoms with Gasteiger partial charge >= 0.3 is 0 Å². The summed E-state index contributed by atoms with van der Waals surface area (Å²) in [5, 5.41) is 3.10. The molecule has 1 aromatic rings. The van der Waals surface area contributed by atoms with Gasteiger partial charge in [-0.1, -0.05) is 33.3 Å². The van der Waals surface area contributed by atoms with Crippen molar-refractivity contribution in [2.45, 2.75) is 71.0 Å². The first-order chi connectivity index (χ1) is 15.8. The van der Waals surface area contributed by atoms with Crippen LogP contribution >= 0.6 is 0 Å². The normalized spacial score (nSPS) is 23.0. The topological polar surface area (TPSA) is 65.1 Å². The number of likely N-dealkylation sites (N-methyl/N-ethyl adjacent to an activating group) is 1. The summed E-state index contributed by atoms with van der Waals surface area (Å²) in [5.41, 5.74) is 1.67. The second kappa shape index (κ2) is 9.92. The SMILES string of the molecule is CCCCN1C(=O)C(CC(C)C)NC(=O)C12CCN(Cc1ccc3c(c1)OCCN3C)CC2. The molecule has 1 aromatic carbocycles. The summed E-state index contributed by atoms with van der Waals surface area (Å²) in [6.07, 6.45) is 4.02. The molecular weight excluding hydrogens is 416 g/mol. The maximum absolute atomic E-state index is 13.4. The van der Waals surface area contributed by atoms with Crippen molar-refractivity contribution >= 4 is 17.5 Å². The van der Waals surface area contributed by atoms with Gasteiger partial charge in [-0.2, -0.15) is 0 Å². The number of piperazine rings is 1. The Morgan fingerprint density at radius 2 is 1.94 bits per heavy atom. The molecule has 1 unspecified atom stereocenters. The van der Waals surface area contributed by atoms with Crippen molar-refractivity contribution in [2.75, 3.05) is 44.7 Å². The molecule has 33 heavy (non-hydrogen) atoms. The van der Waals surface area contributed by atoms with Crippen LogP contribution in [0.1, 0.15) is 58.4 Å². The van der Waals surface area contributed by atoms with Gasteiger partial charge < -0.3 is 19.9 Å². The van der Waals surface area contributed by atoms with E-state index in [9.17, 15) is 9.59 Å². The molecule has 3 aliphatic heterocycles. The molecule has 1 N–H and O–H groups in total. The third kappa shape index (κ3) is 4.84. The van der Waals surface area contributed by atoms with E-state index in [-0.39, 0.29) is 17.9 Å². The van der Waals surface area contributed by atoms with Crippen LogP contribution in [0.2, 0.25) is 0 Å². The van der Waals surface area contributed by atoms with Crippen LogP contribution in [-0.2, 0) is 16.1 Å². The molecule has 7 heteroatoms. The molecule has 0 bridgehead atoms. The average Bonchev–Trinajstić information content (AvgIpc) is 2.79. The minimum atomic E-state index is -0.697. The van der Waals surface area contributed by atoms with Crippen molar-refractivity contribution in [1.29, 1.82) is 0 Å². The standard InChI is InChI=1S/C26H40N4O3/c1-5-6-11-30-24(31)21(16-19(2)3)27-25(32)26(30)9-12-29(13-10-26)18-20-7-8-22-23(17-20)33-15-14-28(22)4/h7-8,17,19,21H,5-6,9-16,18H2,1-4H3,(H,27,32). The minimum Gasteiger partial charge on any atom is -0.490 e. The number of carbonyl (C=O) groups excluding carboxylic acids is 2. The molecule has 2 amide bonds. The van der Waals surface area contributed by atoms with E-state index in [1.165, 1.54) is 5.56 Å². The molecule has 0 saturated carbocycles. The van der Waals surface area contributed by atoms with Gasteiger partial charge in [-0.05, 0) is 49.3 Å². The highest BCUT2D eigenvalue weighted by Gasteiger charge is 2.53. The molecule has 3 aliphatic rings. The number of likely N-dealkylation sites (tertiary alicyclic amines) is 1. The van der Waals surface area contributed by atoms with Crippen LogP contribution in [0.3, 0.4) is 0 Å². The highest BCUT2D eigenvalue weighted by Crippen LogP contribution is 2.36. The number of benzene rings is 1. The predicted molar refractivity (Wildman–Crippen MR) is 130 cm³/mol. The van der Waals surface area contributed by atoms with Crippen molar-refractivity contribution < 1.29 is 14.3 Å². The van der Waals surface area contributed by atoms with Crippen molar-refractivity contribution in [3.63, 3.8) is 0 Å². The number of nitrogens with one attached hydrogen (secondary N) is 1. The Morgan fingerprint density at radius 3 is 2.64 bits per heavy atom. The highest BCUT2D eigenvalue weighted by atomic mass is 16.5. The third-order valence-electron chi connectivity index (χ3n) is 7.46. The van der Waals surface area contributed by atoms with Gasteiger partial charge in [0.05, 0.1) is 12.2 Å². The van der Waals surface area contributed by atoms with Gasteiger partial charge in [0.15, 0.2) is 0 Å². The second-order valence-corrected chi connectivity index (χ2v) is 10.4. The van der Waals surface area contributed by atoms with Gasteiger partial charge in [0.2, 0.25) is 11.8 Å². The van der Waals surface area contributed by atoms with E-state index in [2.05, 4.69) is 61.1 Å². The van der Waals surface area contributed by atoms with Crippen LogP contribution in [0.15, 0.2) is 18.2 Å². The summed E-state index contributed by atoms with van der Waals surface area (Å²) in [4.78, 5) is 33.4. The van der Waals surface area contributed by atoms with Crippen LogP contribution in [0.4, 0.5) is 5.69 Å². The Morgan fingerprint density at radius 1 is 1.18 bits per heavy atom. The number of hydrogen-bond acceptors (Lipinski definition) is 5. The molecule has 0 radical (unpaired) electrons. The number of amides is 2. The molecule has 2 fully saturated rings. The predicted octanol–water partition coefficient (Wildman–Crippen LogP) is 3.02. The van der Waals surface area contributed by atoms with E-state index in [0.29, 0.717) is 38.3 Å². The summed E-state index contributed by atoms with van der Waals surface area (Å²) >= 11 is 0. The van der Waals surface area contributed by atoms with E-state index in [1.807, 2.05) is 4.90 Å². The number of nitrogens with zero attached hydrogens (tertiary/aromatic N) is 3. The number of anilines is 1. The highest BCUT2D eigenvalue weighted by molar-refractivity contribution is 6.00. The molecule has 1 spiro atoms. The van der Waals surface area contributed by atoms with Gasteiger partial charge in [0.1, 0.15) is 23.9 Å². The lowest BCUT2D eigenvalue weighted by Crippen LogP contribution is -2.73. The van der Waals surface area contributed by atoms with Crippen LogP contribution in [0.25, 0.3) is 0 Å². The fraction of sp³-hybridized carbons (Fsp3) is 0.692. The summed E-state index contributed by atoms with van der Waals surface area (Å²) in [7, 11) is 2.09. The molecule has 1 atom stereocenters.